The molecular weight excluding hydrogens is 264 g/mol. The molecule has 21 heavy (non-hydrogen) atoms. The van der Waals surface area contributed by atoms with Crippen molar-refractivity contribution < 1.29 is 9.15 Å². The summed E-state index contributed by atoms with van der Waals surface area (Å²) in [6.07, 6.45) is 2.37. The van der Waals surface area contributed by atoms with Gasteiger partial charge in [0.05, 0.1) is 13.1 Å². The first-order valence-electron chi connectivity index (χ1n) is 8.12. The molecule has 0 radical (unpaired) electrons. The third-order valence-electron chi connectivity index (χ3n) is 4.08. The molecular formula is C17H30N2O2. The van der Waals surface area contributed by atoms with Crippen LogP contribution in [0.3, 0.4) is 0 Å². The molecule has 0 unspecified atom stereocenters. The third kappa shape index (κ3) is 5.46. The highest BCUT2D eigenvalue weighted by atomic mass is 16.5. The van der Waals surface area contributed by atoms with Gasteiger partial charge in [0, 0.05) is 25.8 Å². The van der Waals surface area contributed by atoms with Gasteiger partial charge in [-0.2, -0.15) is 0 Å². The lowest BCUT2D eigenvalue weighted by atomic mass is 10.00. The van der Waals surface area contributed by atoms with Gasteiger partial charge in [0.1, 0.15) is 11.5 Å². The Bertz CT molecular complexity index is 422. The fourth-order valence-corrected chi connectivity index (χ4v) is 2.84. The molecule has 2 rings (SSSR count). The molecule has 1 aromatic heterocycles. The number of nitrogens with one attached hydrogen (secondary N) is 1. The van der Waals surface area contributed by atoms with E-state index in [9.17, 15) is 0 Å². The predicted molar refractivity (Wildman–Crippen MR) is 85.3 cm³/mol. The Morgan fingerprint density at radius 2 is 2.05 bits per heavy atom. The Kier molecular flexibility index (Phi) is 6.27. The predicted octanol–water partition coefficient (Wildman–Crippen LogP) is 2.94. The molecule has 120 valence electrons. The van der Waals surface area contributed by atoms with Gasteiger partial charge in [0.15, 0.2) is 0 Å². The van der Waals surface area contributed by atoms with E-state index in [4.69, 9.17) is 9.15 Å². The van der Waals surface area contributed by atoms with E-state index in [1.807, 2.05) is 0 Å². The first kappa shape index (κ1) is 16.5. The van der Waals surface area contributed by atoms with Crippen molar-refractivity contribution in [3.05, 3.63) is 23.2 Å². The molecule has 0 amide bonds. The Labute approximate surface area is 128 Å². The van der Waals surface area contributed by atoms with Crippen LogP contribution in [0.5, 0.6) is 0 Å². The lowest BCUT2D eigenvalue weighted by Crippen LogP contribution is -2.29. The van der Waals surface area contributed by atoms with Crippen LogP contribution in [0, 0.1) is 12.8 Å². The fourth-order valence-electron chi connectivity index (χ4n) is 2.84. The van der Waals surface area contributed by atoms with Gasteiger partial charge in [-0.15, -0.1) is 0 Å². The maximum atomic E-state index is 6.00. The molecule has 1 aliphatic heterocycles. The maximum absolute atomic E-state index is 6.00. The molecule has 1 aliphatic rings. The van der Waals surface area contributed by atoms with Crippen LogP contribution in [0.4, 0.5) is 0 Å². The fraction of sp³-hybridized carbons (Fsp3) is 0.765. The summed E-state index contributed by atoms with van der Waals surface area (Å²) in [5, 5.41) is 3.41. The van der Waals surface area contributed by atoms with E-state index in [-0.39, 0.29) is 0 Å². The molecule has 1 aromatic rings. The van der Waals surface area contributed by atoms with Crippen molar-refractivity contribution >= 4 is 0 Å². The monoisotopic (exact) mass is 294 g/mol. The molecule has 1 fully saturated rings. The van der Waals surface area contributed by atoms with Gasteiger partial charge in [-0.25, -0.2) is 0 Å². The lowest BCUT2D eigenvalue weighted by Gasteiger charge is -2.26. The van der Waals surface area contributed by atoms with Gasteiger partial charge >= 0.3 is 0 Å². The van der Waals surface area contributed by atoms with Crippen LogP contribution in [0.15, 0.2) is 10.5 Å². The number of hydrogen-bond acceptors (Lipinski definition) is 4. The van der Waals surface area contributed by atoms with E-state index >= 15 is 0 Å². The van der Waals surface area contributed by atoms with E-state index < -0.39 is 0 Å². The molecule has 0 bridgehead atoms. The highest BCUT2D eigenvalue weighted by molar-refractivity contribution is 5.20. The Hall–Kier alpha value is -0.840. The summed E-state index contributed by atoms with van der Waals surface area (Å²) in [4.78, 5) is 2.37. The maximum Gasteiger partial charge on any atom is 0.120 e. The number of ether oxygens (including phenoxy) is 1. The summed E-state index contributed by atoms with van der Waals surface area (Å²) < 4.78 is 11.4. The molecule has 0 aromatic carbocycles. The van der Waals surface area contributed by atoms with Crippen LogP contribution in [-0.2, 0) is 17.8 Å². The Morgan fingerprint density at radius 3 is 2.71 bits per heavy atom. The van der Waals surface area contributed by atoms with Gasteiger partial charge in [-0.1, -0.05) is 13.8 Å². The molecule has 0 saturated carbocycles. The first-order chi connectivity index (χ1) is 10.0. The first-order valence-corrected chi connectivity index (χ1v) is 8.12. The smallest absolute Gasteiger partial charge is 0.120 e. The molecule has 0 spiro atoms. The standard InChI is InChI=1S/C17H30N2O2/c1-13(2)18-10-17-14(3)9-16(21-17)12-19(4)11-15-5-7-20-8-6-15/h9,13,15,18H,5-8,10-12H2,1-4H3. The van der Waals surface area contributed by atoms with Crippen molar-refractivity contribution in [3.8, 4) is 0 Å². The number of furan rings is 1. The van der Waals surface area contributed by atoms with Crippen molar-refractivity contribution in [1.29, 1.82) is 0 Å². The van der Waals surface area contributed by atoms with E-state index in [1.165, 1.54) is 18.4 Å². The molecule has 1 saturated heterocycles. The SMILES string of the molecule is Cc1cc(CN(C)CC2CCOCC2)oc1CNC(C)C. The third-order valence-corrected chi connectivity index (χ3v) is 4.08. The van der Waals surface area contributed by atoms with Crippen LogP contribution < -0.4 is 5.32 Å². The molecule has 1 N–H and O–H groups in total. The number of rotatable bonds is 7. The minimum atomic E-state index is 0.481. The quantitative estimate of drug-likeness (QED) is 0.839. The van der Waals surface area contributed by atoms with Crippen LogP contribution in [0.25, 0.3) is 0 Å². The molecule has 4 heteroatoms. The molecule has 4 nitrogen and oxygen atoms in total. The zero-order valence-electron chi connectivity index (χ0n) is 13.9. The van der Waals surface area contributed by atoms with Crippen molar-refractivity contribution in [2.24, 2.45) is 5.92 Å². The summed E-state index contributed by atoms with van der Waals surface area (Å²) in [5.74, 6) is 2.91. The summed E-state index contributed by atoms with van der Waals surface area (Å²) in [6.45, 7) is 11.1. The minimum absolute atomic E-state index is 0.481. The molecule has 0 atom stereocenters. The van der Waals surface area contributed by atoms with Gasteiger partial charge in [0.25, 0.3) is 0 Å². The van der Waals surface area contributed by atoms with E-state index in [1.54, 1.807) is 0 Å². The van der Waals surface area contributed by atoms with Crippen LogP contribution in [0.1, 0.15) is 43.8 Å². The zero-order chi connectivity index (χ0) is 15.2. The van der Waals surface area contributed by atoms with Gasteiger partial charge < -0.3 is 14.5 Å². The Balaban J connectivity index is 1.82. The van der Waals surface area contributed by atoms with Crippen LogP contribution in [-0.4, -0.2) is 37.7 Å². The second-order valence-electron chi connectivity index (χ2n) is 6.61. The number of hydrogen-bond donors (Lipinski definition) is 1. The van der Waals surface area contributed by atoms with Gasteiger partial charge in [0.2, 0.25) is 0 Å². The zero-order valence-corrected chi connectivity index (χ0v) is 13.9. The Morgan fingerprint density at radius 1 is 1.33 bits per heavy atom. The molecule has 0 aliphatic carbocycles. The average molecular weight is 294 g/mol. The normalized spacial score (nSPS) is 17.0. The number of aryl methyl sites for hydroxylation is 1. The van der Waals surface area contributed by atoms with Crippen molar-refractivity contribution in [1.82, 2.24) is 10.2 Å². The summed E-state index contributed by atoms with van der Waals surface area (Å²) in [5.41, 5.74) is 1.25. The van der Waals surface area contributed by atoms with Gasteiger partial charge in [-0.05, 0) is 44.4 Å². The number of nitrogens with zero attached hydrogens (tertiary/aromatic N) is 1. The molecule has 2 heterocycles. The highest BCUT2D eigenvalue weighted by Crippen LogP contribution is 2.19. The van der Waals surface area contributed by atoms with E-state index in [2.05, 4.69) is 44.1 Å². The van der Waals surface area contributed by atoms with E-state index in [0.29, 0.717) is 6.04 Å². The summed E-state index contributed by atoms with van der Waals surface area (Å²) >= 11 is 0. The second kappa shape index (κ2) is 7.97. The average Bonchev–Trinajstić information content (AvgIpc) is 2.77. The van der Waals surface area contributed by atoms with Crippen molar-refractivity contribution in [2.75, 3.05) is 26.8 Å². The highest BCUT2D eigenvalue weighted by Gasteiger charge is 2.17. The van der Waals surface area contributed by atoms with E-state index in [0.717, 1.165) is 50.3 Å². The second-order valence-corrected chi connectivity index (χ2v) is 6.61. The van der Waals surface area contributed by atoms with Gasteiger partial charge in [-0.3, -0.25) is 4.90 Å². The van der Waals surface area contributed by atoms with Crippen molar-refractivity contribution in [2.45, 2.75) is 52.7 Å². The van der Waals surface area contributed by atoms with Crippen LogP contribution in [0.2, 0.25) is 0 Å². The topological polar surface area (TPSA) is 37.6 Å². The summed E-state index contributed by atoms with van der Waals surface area (Å²) in [6, 6.07) is 2.66. The van der Waals surface area contributed by atoms with Crippen LogP contribution >= 0.6 is 0 Å². The largest absolute Gasteiger partial charge is 0.463 e. The summed E-state index contributed by atoms with van der Waals surface area (Å²) in [7, 11) is 2.18. The minimum Gasteiger partial charge on any atom is -0.463 e. The van der Waals surface area contributed by atoms with Crippen molar-refractivity contribution in [3.63, 3.8) is 0 Å². The lowest BCUT2D eigenvalue weighted by molar-refractivity contribution is 0.0542.